The minimum absolute atomic E-state index is 0.169. The van der Waals surface area contributed by atoms with E-state index >= 15 is 0 Å². The van der Waals surface area contributed by atoms with Crippen molar-refractivity contribution in [1.29, 1.82) is 0 Å². The van der Waals surface area contributed by atoms with Crippen molar-refractivity contribution in [3.8, 4) is 0 Å². The third-order valence-electron chi connectivity index (χ3n) is 2.33. The molecule has 0 aliphatic heterocycles. The first-order valence-electron chi connectivity index (χ1n) is 5.12. The summed E-state index contributed by atoms with van der Waals surface area (Å²) >= 11 is 4.10. The molecule has 0 atom stereocenters. The Hall–Kier alpha value is -1.75. The highest BCUT2D eigenvalue weighted by Crippen LogP contribution is 2.16. The zero-order valence-corrected chi connectivity index (χ0v) is 9.85. The Morgan fingerprint density at radius 2 is 2.06 bits per heavy atom. The summed E-state index contributed by atoms with van der Waals surface area (Å²) in [6, 6.07) is 7.14. The van der Waals surface area contributed by atoms with E-state index in [1.807, 2.05) is 6.07 Å². The van der Waals surface area contributed by atoms with Gasteiger partial charge in [-0.2, -0.15) is 12.6 Å². The first-order valence-corrected chi connectivity index (χ1v) is 5.75. The molecule has 17 heavy (non-hydrogen) atoms. The number of hydrogen-bond donors (Lipinski definition) is 1. The molecule has 1 heterocycles. The van der Waals surface area contributed by atoms with Crippen LogP contribution in [0.1, 0.15) is 16.3 Å². The Morgan fingerprint density at radius 1 is 1.29 bits per heavy atom. The van der Waals surface area contributed by atoms with Gasteiger partial charge in [-0.25, -0.2) is 9.97 Å². The number of rotatable bonds is 4. The number of Topliss-reactive ketones (excluding diaryl/α,β-unsaturated/α-hetero) is 1. The molecule has 4 nitrogen and oxygen atoms in total. The average Bonchev–Trinajstić information content (AvgIpc) is 2.37. The fourth-order valence-corrected chi connectivity index (χ4v) is 1.78. The Balaban J connectivity index is 2.68. The maximum Gasteiger partial charge on any atom is 0.244 e. The normalized spacial score (nSPS) is 10.4. The summed E-state index contributed by atoms with van der Waals surface area (Å²) in [5, 5.41) is 0.604. The van der Waals surface area contributed by atoms with Crippen molar-refractivity contribution >= 4 is 35.6 Å². The highest BCUT2D eigenvalue weighted by atomic mass is 32.1. The van der Waals surface area contributed by atoms with Gasteiger partial charge in [0.25, 0.3) is 0 Å². The monoisotopic (exact) mass is 246 g/mol. The van der Waals surface area contributed by atoms with Gasteiger partial charge in [-0.15, -0.1) is 0 Å². The van der Waals surface area contributed by atoms with Crippen LogP contribution in [0.15, 0.2) is 24.3 Å². The molecule has 1 aromatic heterocycles. The number of ketones is 1. The van der Waals surface area contributed by atoms with Crippen LogP contribution < -0.4 is 0 Å². The molecule has 86 valence electrons. The van der Waals surface area contributed by atoms with E-state index in [2.05, 4.69) is 22.6 Å². The fourth-order valence-electron chi connectivity index (χ4n) is 1.58. The number of para-hydroxylation sites is 1. The third-order valence-corrected chi connectivity index (χ3v) is 2.55. The molecule has 0 saturated carbocycles. The van der Waals surface area contributed by atoms with Gasteiger partial charge < -0.3 is 0 Å². The summed E-state index contributed by atoms with van der Waals surface area (Å²) in [6.45, 7) is 0. The topological polar surface area (TPSA) is 59.9 Å². The van der Waals surface area contributed by atoms with Crippen LogP contribution in [0, 0.1) is 0 Å². The van der Waals surface area contributed by atoms with Crippen molar-refractivity contribution in [1.82, 2.24) is 9.97 Å². The summed E-state index contributed by atoms with van der Waals surface area (Å²) in [6.07, 6.45) is 0.840. The molecule has 0 N–H and O–H groups in total. The van der Waals surface area contributed by atoms with E-state index in [1.165, 1.54) is 0 Å². The number of aromatic nitrogens is 2. The highest BCUT2D eigenvalue weighted by molar-refractivity contribution is 7.80. The largest absolute Gasteiger partial charge is 0.294 e. The Bertz CT molecular complexity index is 584. The maximum atomic E-state index is 11.5. The van der Waals surface area contributed by atoms with Gasteiger partial charge in [0.05, 0.1) is 5.52 Å². The predicted molar refractivity (Wildman–Crippen MR) is 67.5 cm³/mol. The molecule has 0 aliphatic rings. The van der Waals surface area contributed by atoms with Gasteiger partial charge in [-0.3, -0.25) is 9.59 Å². The van der Waals surface area contributed by atoms with Gasteiger partial charge in [-0.1, -0.05) is 18.2 Å². The third kappa shape index (κ3) is 2.34. The van der Waals surface area contributed by atoms with Crippen molar-refractivity contribution in [2.75, 3.05) is 5.75 Å². The van der Waals surface area contributed by atoms with Crippen LogP contribution in [0.2, 0.25) is 0 Å². The molecule has 0 fully saturated rings. The lowest BCUT2D eigenvalue weighted by molar-refractivity contribution is -0.104. The molecule has 1 aromatic carbocycles. The molecule has 0 unspecified atom stereocenters. The number of thiol groups is 1. The average molecular weight is 246 g/mol. The molecular weight excluding hydrogens is 236 g/mol. The van der Waals surface area contributed by atoms with Gasteiger partial charge in [-0.05, 0) is 11.8 Å². The van der Waals surface area contributed by atoms with Crippen LogP contribution in [0.5, 0.6) is 0 Å². The number of carbonyl (C=O) groups is 2. The van der Waals surface area contributed by atoms with Crippen LogP contribution in [0.25, 0.3) is 10.9 Å². The quantitative estimate of drug-likeness (QED) is 0.384. The van der Waals surface area contributed by atoms with Crippen molar-refractivity contribution in [2.45, 2.75) is 6.42 Å². The van der Waals surface area contributed by atoms with Gasteiger partial charge in [0.1, 0.15) is 11.5 Å². The van der Waals surface area contributed by atoms with Crippen LogP contribution in [-0.4, -0.2) is 27.8 Å². The van der Waals surface area contributed by atoms with E-state index in [9.17, 15) is 9.59 Å². The molecule has 2 aromatic rings. The van der Waals surface area contributed by atoms with Gasteiger partial charge in [0.15, 0.2) is 6.29 Å². The minimum Gasteiger partial charge on any atom is -0.294 e. The second kappa shape index (κ2) is 5.05. The number of aryl methyl sites for hydroxylation is 1. The van der Waals surface area contributed by atoms with Crippen LogP contribution in [-0.2, 0) is 11.2 Å². The molecule has 0 bridgehead atoms. The van der Waals surface area contributed by atoms with Crippen LogP contribution in [0.3, 0.4) is 0 Å². The van der Waals surface area contributed by atoms with Crippen molar-refractivity contribution in [3.63, 3.8) is 0 Å². The van der Waals surface area contributed by atoms with Gasteiger partial charge in [0, 0.05) is 11.8 Å². The maximum absolute atomic E-state index is 11.5. The summed E-state index contributed by atoms with van der Waals surface area (Å²) in [4.78, 5) is 30.5. The van der Waals surface area contributed by atoms with E-state index in [-0.39, 0.29) is 12.0 Å². The summed E-state index contributed by atoms with van der Waals surface area (Å²) in [5.74, 6) is 0.500. The van der Waals surface area contributed by atoms with E-state index < -0.39 is 5.78 Å². The zero-order valence-electron chi connectivity index (χ0n) is 8.96. The lowest BCUT2D eigenvalue weighted by Gasteiger charge is -2.04. The lowest BCUT2D eigenvalue weighted by atomic mass is 10.1. The molecule has 5 heteroatoms. The molecule has 0 amide bonds. The number of nitrogens with zero attached hydrogens (tertiary/aromatic N) is 2. The SMILES string of the molecule is O=CC(=O)c1nc(CCS)nc2ccccc12. The zero-order chi connectivity index (χ0) is 12.3. The van der Waals surface area contributed by atoms with E-state index in [0.717, 1.165) is 0 Å². The van der Waals surface area contributed by atoms with Gasteiger partial charge in [0.2, 0.25) is 5.78 Å². The molecule has 0 aliphatic carbocycles. The number of hydrogen-bond acceptors (Lipinski definition) is 5. The second-order valence-electron chi connectivity index (χ2n) is 3.46. The lowest BCUT2D eigenvalue weighted by Crippen LogP contribution is -2.09. The Labute approximate surface area is 103 Å². The van der Waals surface area contributed by atoms with Crippen LogP contribution >= 0.6 is 12.6 Å². The van der Waals surface area contributed by atoms with Gasteiger partial charge >= 0.3 is 0 Å². The molecule has 0 radical (unpaired) electrons. The number of fused-ring (bicyclic) bond motifs is 1. The van der Waals surface area contributed by atoms with Crippen molar-refractivity contribution in [3.05, 3.63) is 35.8 Å². The van der Waals surface area contributed by atoms with Crippen molar-refractivity contribution < 1.29 is 9.59 Å². The molecule has 0 saturated heterocycles. The minimum atomic E-state index is -0.621. The Morgan fingerprint density at radius 3 is 2.76 bits per heavy atom. The molecular formula is C12H10N2O2S. The fraction of sp³-hybridized carbons (Fsp3) is 0.167. The van der Waals surface area contributed by atoms with Crippen LogP contribution in [0.4, 0.5) is 0 Å². The summed E-state index contributed by atoms with van der Waals surface area (Å²) in [5.41, 5.74) is 0.840. The number of carbonyl (C=O) groups excluding carboxylic acids is 2. The van der Waals surface area contributed by atoms with E-state index in [4.69, 9.17) is 0 Å². The Kier molecular flexibility index (Phi) is 3.49. The summed E-state index contributed by atoms with van der Waals surface area (Å²) in [7, 11) is 0. The second-order valence-corrected chi connectivity index (χ2v) is 3.91. The first kappa shape index (κ1) is 11.7. The highest BCUT2D eigenvalue weighted by Gasteiger charge is 2.13. The molecule has 2 rings (SSSR count). The summed E-state index contributed by atoms with van der Waals surface area (Å²) < 4.78 is 0. The smallest absolute Gasteiger partial charge is 0.244 e. The van der Waals surface area contributed by atoms with E-state index in [0.29, 0.717) is 28.9 Å². The predicted octanol–water partition coefficient (Wildman–Crippen LogP) is 1.48. The first-order chi connectivity index (χ1) is 8.26. The standard InChI is InChI=1S/C12H10N2O2S/c15-7-10(16)12-8-3-1-2-4-9(8)13-11(14-12)5-6-17/h1-4,7,17H,5-6H2. The molecule has 0 spiro atoms. The number of benzene rings is 1. The number of aldehydes is 1. The van der Waals surface area contributed by atoms with E-state index in [1.54, 1.807) is 18.2 Å². The van der Waals surface area contributed by atoms with Crippen molar-refractivity contribution in [2.24, 2.45) is 0 Å².